The van der Waals surface area contributed by atoms with Crippen molar-refractivity contribution in [2.45, 2.75) is 57.7 Å². The number of fused-ring (bicyclic) bond motifs is 2. The zero-order valence-electron chi connectivity index (χ0n) is 17.2. The Morgan fingerprint density at radius 3 is 2.86 bits per heavy atom. The van der Waals surface area contributed by atoms with Crippen molar-refractivity contribution in [3.63, 3.8) is 0 Å². The van der Waals surface area contributed by atoms with Crippen molar-refractivity contribution < 1.29 is 9.59 Å². The average molecular weight is 396 g/mol. The average Bonchev–Trinajstić information content (AvgIpc) is 3.44. The van der Waals surface area contributed by atoms with Gasteiger partial charge >= 0.3 is 6.03 Å². The van der Waals surface area contributed by atoms with Gasteiger partial charge in [0.05, 0.1) is 23.0 Å². The summed E-state index contributed by atoms with van der Waals surface area (Å²) >= 11 is 0. The van der Waals surface area contributed by atoms with Crippen LogP contribution in [0.5, 0.6) is 0 Å². The molecule has 0 spiro atoms. The van der Waals surface area contributed by atoms with Crippen LogP contribution < -0.4 is 5.32 Å². The van der Waals surface area contributed by atoms with Gasteiger partial charge < -0.3 is 19.7 Å². The smallest absolute Gasteiger partial charge is 0.318 e. The number of likely N-dealkylation sites (N-methyl/N-ethyl adjacent to an activating group) is 1. The summed E-state index contributed by atoms with van der Waals surface area (Å²) in [5.41, 5.74) is 3.27. The number of nitrogens with one attached hydrogen (secondary N) is 1. The lowest BCUT2D eigenvalue weighted by molar-refractivity contribution is -0.130. The van der Waals surface area contributed by atoms with Crippen molar-refractivity contribution in [2.24, 2.45) is 5.92 Å². The Bertz CT molecular complexity index is 964. The Kier molecular flexibility index (Phi) is 4.48. The van der Waals surface area contributed by atoms with Gasteiger partial charge in [0.2, 0.25) is 5.91 Å². The lowest BCUT2D eigenvalue weighted by Gasteiger charge is -2.35. The maximum atomic E-state index is 12.9. The molecular weight excluding hydrogens is 366 g/mol. The Hall–Kier alpha value is -2.57. The Morgan fingerprint density at radius 1 is 1.28 bits per heavy atom. The minimum absolute atomic E-state index is 0.00471. The highest BCUT2D eigenvalue weighted by molar-refractivity contribution is 5.84. The number of piperidine rings is 1. The molecule has 7 nitrogen and oxygen atoms in total. The van der Waals surface area contributed by atoms with Gasteiger partial charge in [0, 0.05) is 39.1 Å². The van der Waals surface area contributed by atoms with E-state index in [9.17, 15) is 9.59 Å². The van der Waals surface area contributed by atoms with E-state index in [2.05, 4.69) is 35.0 Å². The molecule has 2 atom stereocenters. The fourth-order valence-electron chi connectivity index (χ4n) is 5.05. The molecule has 2 aromatic rings. The minimum Gasteiger partial charge on any atom is -0.343 e. The molecule has 3 heterocycles. The Morgan fingerprint density at radius 2 is 2.10 bits per heavy atom. The quantitative estimate of drug-likeness (QED) is 0.865. The van der Waals surface area contributed by atoms with Crippen molar-refractivity contribution >= 4 is 23.0 Å². The summed E-state index contributed by atoms with van der Waals surface area (Å²) in [5, 5.41) is 3.07. The van der Waals surface area contributed by atoms with Crippen molar-refractivity contribution in [2.75, 3.05) is 20.1 Å². The van der Waals surface area contributed by atoms with Crippen LogP contribution in [0.1, 0.15) is 50.0 Å². The molecule has 7 heteroatoms. The fourth-order valence-corrected chi connectivity index (χ4v) is 5.05. The molecule has 0 unspecified atom stereocenters. The van der Waals surface area contributed by atoms with Gasteiger partial charge in [-0.15, -0.1) is 0 Å². The van der Waals surface area contributed by atoms with E-state index < -0.39 is 0 Å². The van der Waals surface area contributed by atoms with Crippen molar-refractivity contribution in [3.8, 4) is 0 Å². The van der Waals surface area contributed by atoms with Crippen LogP contribution >= 0.6 is 0 Å². The van der Waals surface area contributed by atoms with E-state index >= 15 is 0 Å². The van der Waals surface area contributed by atoms with E-state index in [1.54, 1.807) is 4.90 Å². The van der Waals surface area contributed by atoms with Crippen LogP contribution in [0.4, 0.5) is 4.79 Å². The first-order valence-corrected chi connectivity index (χ1v) is 10.9. The SMILES string of the molecule is CCc1nc2cc(CNC(=O)N3CCC[C@H]4C(=O)N(C)C[C@H]43)ccc2n1C1CC1. The molecule has 0 bridgehead atoms. The van der Waals surface area contributed by atoms with Gasteiger partial charge in [-0.1, -0.05) is 13.0 Å². The molecule has 1 saturated carbocycles. The standard InChI is InChI=1S/C22H29N5O2/c1-3-20-24-17-11-14(6-9-18(17)27(20)15-7-8-15)12-23-22(29)26-10-4-5-16-19(26)13-25(2)21(16)28/h6,9,11,15-16,19H,3-5,7-8,10,12-13H2,1-2H3,(H,23,29)/t16-,19-/m1/s1. The molecule has 1 aromatic heterocycles. The van der Waals surface area contributed by atoms with E-state index in [0.29, 0.717) is 19.1 Å². The summed E-state index contributed by atoms with van der Waals surface area (Å²) in [6.45, 7) is 3.99. The number of aryl methyl sites for hydroxylation is 1. The summed E-state index contributed by atoms with van der Waals surface area (Å²) < 4.78 is 2.39. The zero-order valence-corrected chi connectivity index (χ0v) is 17.2. The Balaban J connectivity index is 1.29. The summed E-state index contributed by atoms with van der Waals surface area (Å²) in [6.07, 6.45) is 5.19. The van der Waals surface area contributed by atoms with Gasteiger partial charge in [-0.25, -0.2) is 9.78 Å². The first-order chi connectivity index (χ1) is 14.1. The van der Waals surface area contributed by atoms with Gasteiger partial charge in [-0.05, 0) is 43.4 Å². The van der Waals surface area contributed by atoms with Crippen LogP contribution in [0, 0.1) is 5.92 Å². The van der Waals surface area contributed by atoms with E-state index in [0.717, 1.165) is 42.7 Å². The first-order valence-electron chi connectivity index (χ1n) is 10.9. The predicted molar refractivity (Wildman–Crippen MR) is 110 cm³/mol. The maximum Gasteiger partial charge on any atom is 0.318 e. The van der Waals surface area contributed by atoms with Crippen molar-refractivity contribution in [3.05, 3.63) is 29.6 Å². The second-order valence-electron chi connectivity index (χ2n) is 8.69. The van der Waals surface area contributed by atoms with E-state index in [4.69, 9.17) is 4.98 Å². The molecular formula is C22H29N5O2. The molecule has 3 aliphatic rings. The molecule has 29 heavy (non-hydrogen) atoms. The number of urea groups is 1. The third-order valence-corrected chi connectivity index (χ3v) is 6.69. The molecule has 1 N–H and O–H groups in total. The highest BCUT2D eigenvalue weighted by Crippen LogP contribution is 2.39. The van der Waals surface area contributed by atoms with E-state index in [-0.39, 0.29) is 23.9 Å². The molecule has 1 aromatic carbocycles. The van der Waals surface area contributed by atoms with Crippen LogP contribution in [0.25, 0.3) is 11.0 Å². The molecule has 3 fully saturated rings. The van der Waals surface area contributed by atoms with Gasteiger partial charge in [0.25, 0.3) is 0 Å². The van der Waals surface area contributed by atoms with Gasteiger partial charge in [0.1, 0.15) is 5.82 Å². The predicted octanol–water partition coefficient (Wildman–Crippen LogP) is 2.70. The van der Waals surface area contributed by atoms with Crippen LogP contribution in [0.15, 0.2) is 18.2 Å². The van der Waals surface area contributed by atoms with Crippen molar-refractivity contribution in [1.29, 1.82) is 0 Å². The number of hydrogen-bond donors (Lipinski definition) is 1. The third-order valence-electron chi connectivity index (χ3n) is 6.69. The maximum absolute atomic E-state index is 12.9. The number of rotatable bonds is 4. The first kappa shape index (κ1) is 18.5. The third kappa shape index (κ3) is 3.16. The number of imidazole rings is 1. The monoisotopic (exact) mass is 395 g/mol. The molecule has 2 aliphatic heterocycles. The van der Waals surface area contributed by atoms with Gasteiger partial charge in [-0.2, -0.15) is 0 Å². The zero-order chi connectivity index (χ0) is 20.1. The summed E-state index contributed by atoms with van der Waals surface area (Å²) in [5.74, 6) is 1.30. The van der Waals surface area contributed by atoms with Crippen LogP contribution in [0.2, 0.25) is 0 Å². The summed E-state index contributed by atoms with van der Waals surface area (Å²) in [7, 11) is 1.83. The topological polar surface area (TPSA) is 70.5 Å². The lowest BCUT2D eigenvalue weighted by atomic mass is 9.92. The molecule has 0 radical (unpaired) electrons. The number of carbonyl (C=O) groups is 2. The molecule has 1 aliphatic carbocycles. The van der Waals surface area contributed by atoms with E-state index in [1.807, 2.05) is 11.9 Å². The largest absolute Gasteiger partial charge is 0.343 e. The number of amides is 3. The highest BCUT2D eigenvalue weighted by Gasteiger charge is 2.45. The molecule has 3 amide bonds. The number of nitrogens with zero attached hydrogens (tertiary/aromatic N) is 4. The summed E-state index contributed by atoms with van der Waals surface area (Å²) in [4.78, 5) is 33.6. The minimum atomic E-state index is -0.0688. The summed E-state index contributed by atoms with van der Waals surface area (Å²) in [6, 6.07) is 6.88. The van der Waals surface area contributed by atoms with Crippen LogP contribution in [-0.4, -0.2) is 57.5 Å². The number of carbonyl (C=O) groups excluding carboxylic acids is 2. The lowest BCUT2D eigenvalue weighted by Crippen LogP contribution is -2.52. The second-order valence-corrected chi connectivity index (χ2v) is 8.69. The van der Waals surface area contributed by atoms with E-state index in [1.165, 1.54) is 18.4 Å². The normalized spacial score (nSPS) is 24.3. The van der Waals surface area contributed by atoms with Crippen molar-refractivity contribution in [1.82, 2.24) is 24.7 Å². The van der Waals surface area contributed by atoms with Crippen LogP contribution in [0.3, 0.4) is 0 Å². The van der Waals surface area contributed by atoms with Crippen LogP contribution in [-0.2, 0) is 17.8 Å². The number of hydrogen-bond acceptors (Lipinski definition) is 3. The Labute approximate surface area is 171 Å². The molecule has 5 rings (SSSR count). The fraction of sp³-hybridized carbons (Fsp3) is 0.591. The van der Waals surface area contributed by atoms with Gasteiger partial charge in [0.15, 0.2) is 0 Å². The van der Waals surface area contributed by atoms with Gasteiger partial charge in [-0.3, -0.25) is 4.79 Å². The number of aromatic nitrogens is 2. The highest BCUT2D eigenvalue weighted by atomic mass is 16.2. The molecule has 154 valence electrons. The number of likely N-dealkylation sites (tertiary alicyclic amines) is 2. The second kappa shape index (κ2) is 7.04. The number of benzene rings is 1. The molecule has 2 saturated heterocycles.